The molecule has 0 aliphatic heterocycles. The third-order valence-corrected chi connectivity index (χ3v) is 7.76. The summed E-state index contributed by atoms with van der Waals surface area (Å²) >= 11 is 5.86. The van der Waals surface area contributed by atoms with E-state index in [0.29, 0.717) is 24.3 Å². The van der Waals surface area contributed by atoms with Crippen LogP contribution in [-0.4, -0.2) is 50.4 Å². The van der Waals surface area contributed by atoms with E-state index in [2.05, 4.69) is 14.4 Å². The molecule has 0 fully saturated rings. The minimum atomic E-state index is -3.76. The summed E-state index contributed by atoms with van der Waals surface area (Å²) in [6.07, 6.45) is 1.93. The van der Waals surface area contributed by atoms with Crippen LogP contribution in [-0.2, 0) is 54.9 Å². The third kappa shape index (κ3) is 8.53. The molecular formula is C23H26ClN3O10S. The highest BCUT2D eigenvalue weighted by atomic mass is 35.5. The molecule has 0 radical (unpaired) electrons. The topological polar surface area (TPSA) is 177 Å². The average Bonchev–Trinajstić information content (AvgIpc) is 2.85. The van der Waals surface area contributed by atoms with Crippen molar-refractivity contribution in [3.05, 3.63) is 83.9 Å². The fourth-order valence-electron chi connectivity index (χ4n) is 4.32. The van der Waals surface area contributed by atoms with Gasteiger partial charge in [-0.05, 0) is 78.6 Å². The van der Waals surface area contributed by atoms with Gasteiger partial charge in [0, 0.05) is 17.5 Å². The Hall–Kier alpha value is -3.49. The van der Waals surface area contributed by atoms with Gasteiger partial charge in [-0.1, -0.05) is 23.7 Å². The SMILES string of the molecule is O=C(CCc1c(CCO[N+](=O)[O-])ccc2c1CCC(NS(=O)(=O)c1ccc(Cl)cc1)C2)OCCO[N+](=O)[O-]. The van der Waals surface area contributed by atoms with Crippen LogP contribution in [0.1, 0.15) is 35.1 Å². The molecule has 2 aromatic carbocycles. The molecule has 3 rings (SSSR count). The first-order valence-corrected chi connectivity index (χ1v) is 13.5. The average molecular weight is 572 g/mol. The number of benzene rings is 2. The van der Waals surface area contributed by atoms with Crippen LogP contribution in [0.5, 0.6) is 0 Å². The van der Waals surface area contributed by atoms with Gasteiger partial charge in [0.05, 0.1) is 4.90 Å². The van der Waals surface area contributed by atoms with Crippen molar-refractivity contribution in [1.29, 1.82) is 0 Å². The number of nitrogens with one attached hydrogen (secondary N) is 1. The lowest BCUT2D eigenvalue weighted by Gasteiger charge is -2.28. The zero-order chi connectivity index (χ0) is 27.7. The van der Waals surface area contributed by atoms with Gasteiger partial charge in [0.2, 0.25) is 10.0 Å². The molecule has 38 heavy (non-hydrogen) atoms. The van der Waals surface area contributed by atoms with E-state index in [-0.39, 0.29) is 50.0 Å². The molecule has 1 atom stereocenters. The smallest absolute Gasteiger partial charge is 0.306 e. The Morgan fingerprint density at radius 2 is 1.68 bits per heavy atom. The summed E-state index contributed by atoms with van der Waals surface area (Å²) in [4.78, 5) is 41.6. The summed E-state index contributed by atoms with van der Waals surface area (Å²) in [6.45, 7) is -0.813. The maximum absolute atomic E-state index is 12.8. The molecule has 1 aliphatic carbocycles. The first kappa shape index (κ1) is 29.1. The quantitative estimate of drug-likeness (QED) is 0.153. The Labute approximate surface area is 223 Å². The van der Waals surface area contributed by atoms with E-state index in [1.807, 2.05) is 6.07 Å². The van der Waals surface area contributed by atoms with Crippen molar-refractivity contribution in [3.63, 3.8) is 0 Å². The van der Waals surface area contributed by atoms with E-state index < -0.39 is 26.2 Å². The Morgan fingerprint density at radius 1 is 1.00 bits per heavy atom. The van der Waals surface area contributed by atoms with Gasteiger partial charge >= 0.3 is 5.97 Å². The van der Waals surface area contributed by atoms with Gasteiger partial charge in [-0.3, -0.25) is 4.79 Å². The largest absolute Gasteiger partial charge is 0.464 e. The molecule has 0 spiro atoms. The minimum Gasteiger partial charge on any atom is -0.464 e. The molecule has 15 heteroatoms. The van der Waals surface area contributed by atoms with Crippen molar-refractivity contribution in [3.8, 4) is 0 Å². The molecule has 0 saturated carbocycles. The zero-order valence-electron chi connectivity index (χ0n) is 20.2. The van der Waals surface area contributed by atoms with Gasteiger partial charge in [-0.15, -0.1) is 20.2 Å². The van der Waals surface area contributed by atoms with Gasteiger partial charge < -0.3 is 14.4 Å². The lowest BCUT2D eigenvalue weighted by Crippen LogP contribution is -2.39. The number of rotatable bonds is 14. The second-order valence-electron chi connectivity index (χ2n) is 8.44. The van der Waals surface area contributed by atoms with Crippen LogP contribution in [0.3, 0.4) is 0 Å². The van der Waals surface area contributed by atoms with Gasteiger partial charge in [-0.2, -0.15) is 0 Å². The van der Waals surface area contributed by atoms with Crippen molar-refractivity contribution in [1.82, 2.24) is 4.72 Å². The highest BCUT2D eigenvalue weighted by Gasteiger charge is 2.27. The van der Waals surface area contributed by atoms with Crippen LogP contribution in [0.25, 0.3) is 0 Å². The van der Waals surface area contributed by atoms with Crippen molar-refractivity contribution < 1.29 is 37.8 Å². The summed E-state index contributed by atoms with van der Waals surface area (Å²) in [7, 11) is -3.76. The van der Waals surface area contributed by atoms with Crippen LogP contribution in [0.15, 0.2) is 41.3 Å². The van der Waals surface area contributed by atoms with Crippen LogP contribution < -0.4 is 4.72 Å². The lowest BCUT2D eigenvalue weighted by molar-refractivity contribution is -0.757. The minimum absolute atomic E-state index is 0.0232. The molecule has 0 heterocycles. The van der Waals surface area contributed by atoms with E-state index in [4.69, 9.17) is 16.3 Å². The van der Waals surface area contributed by atoms with Crippen molar-refractivity contribution >= 4 is 27.6 Å². The first-order chi connectivity index (χ1) is 18.0. The number of fused-ring (bicyclic) bond motifs is 1. The summed E-state index contributed by atoms with van der Waals surface area (Å²) in [6, 6.07) is 9.17. The molecule has 1 unspecified atom stereocenters. The molecule has 0 bridgehead atoms. The highest BCUT2D eigenvalue weighted by molar-refractivity contribution is 7.89. The molecule has 0 aromatic heterocycles. The normalized spacial score (nSPS) is 14.8. The number of hydrogen-bond acceptors (Lipinski definition) is 10. The fourth-order valence-corrected chi connectivity index (χ4v) is 5.72. The Bertz CT molecular complexity index is 1270. The third-order valence-electron chi connectivity index (χ3n) is 5.97. The maximum atomic E-state index is 12.8. The predicted molar refractivity (Wildman–Crippen MR) is 133 cm³/mol. The summed E-state index contributed by atoms with van der Waals surface area (Å²) in [5.41, 5.74) is 3.46. The van der Waals surface area contributed by atoms with E-state index in [1.165, 1.54) is 24.3 Å². The molecule has 13 nitrogen and oxygen atoms in total. The van der Waals surface area contributed by atoms with E-state index in [0.717, 1.165) is 22.3 Å². The van der Waals surface area contributed by atoms with Gasteiger partial charge in [0.25, 0.3) is 10.2 Å². The number of hydrogen-bond donors (Lipinski definition) is 1. The molecule has 1 aliphatic rings. The molecule has 0 amide bonds. The molecule has 1 N–H and O–H groups in total. The number of carbonyl (C=O) groups is 1. The van der Waals surface area contributed by atoms with E-state index in [1.54, 1.807) is 6.07 Å². The monoisotopic (exact) mass is 571 g/mol. The zero-order valence-corrected chi connectivity index (χ0v) is 21.7. The second kappa shape index (κ2) is 13.3. The Balaban J connectivity index is 1.72. The van der Waals surface area contributed by atoms with E-state index in [9.17, 15) is 33.4 Å². The Morgan fingerprint density at radius 3 is 2.37 bits per heavy atom. The fraction of sp³-hybridized carbons (Fsp3) is 0.435. The molecular weight excluding hydrogens is 546 g/mol. The summed E-state index contributed by atoms with van der Waals surface area (Å²) < 4.78 is 33.3. The van der Waals surface area contributed by atoms with Crippen molar-refractivity contribution in [2.75, 3.05) is 19.8 Å². The van der Waals surface area contributed by atoms with Gasteiger partial charge in [0.1, 0.15) is 19.8 Å². The number of sulfonamides is 1. The molecule has 2 aromatic rings. The van der Waals surface area contributed by atoms with Crippen LogP contribution in [0, 0.1) is 20.2 Å². The first-order valence-electron chi connectivity index (χ1n) is 11.7. The second-order valence-corrected chi connectivity index (χ2v) is 10.6. The Kier molecular flexibility index (Phi) is 10.2. The van der Waals surface area contributed by atoms with Gasteiger partial charge in [-0.25, -0.2) is 13.1 Å². The van der Waals surface area contributed by atoms with E-state index >= 15 is 0 Å². The number of esters is 1. The number of halogens is 1. The standard InChI is InChI=1S/C23H26ClN3O10S/c24-18-3-6-20(7-4-18)38(33,34)25-19-5-8-22-17(15-19)2-1-16(11-12-36-26(29)30)21(22)9-10-23(28)35-13-14-37-27(31)32/h1-4,6-7,19,25H,5,8-15H2. The van der Waals surface area contributed by atoms with Crippen molar-refractivity contribution in [2.24, 2.45) is 0 Å². The number of carbonyl (C=O) groups excluding carboxylic acids is 1. The van der Waals surface area contributed by atoms with Gasteiger partial charge in [0.15, 0.2) is 0 Å². The van der Waals surface area contributed by atoms with Crippen LogP contribution >= 0.6 is 11.6 Å². The highest BCUT2D eigenvalue weighted by Crippen LogP contribution is 2.30. The number of ether oxygens (including phenoxy) is 1. The molecule has 0 saturated heterocycles. The number of nitrogens with zero attached hydrogens (tertiary/aromatic N) is 2. The molecule has 206 valence electrons. The van der Waals surface area contributed by atoms with Crippen LogP contribution in [0.2, 0.25) is 5.02 Å². The summed E-state index contributed by atoms with van der Waals surface area (Å²) in [5.74, 6) is -0.577. The maximum Gasteiger partial charge on any atom is 0.306 e. The summed E-state index contributed by atoms with van der Waals surface area (Å²) in [5, 5.41) is 19.3. The van der Waals surface area contributed by atoms with Crippen molar-refractivity contribution in [2.45, 2.75) is 49.5 Å². The predicted octanol–water partition coefficient (Wildman–Crippen LogP) is 2.61. The lowest BCUT2D eigenvalue weighted by atomic mass is 9.82. The van der Waals surface area contributed by atoms with Crippen LogP contribution in [0.4, 0.5) is 0 Å².